The van der Waals surface area contributed by atoms with Crippen LogP contribution in [0.3, 0.4) is 0 Å². The SMILES string of the molecule is Cc1ccc(CN2CCC(c3ccc4c(c3)CC(C(=O)N3CCN(Cc5ccc(Cl)cc5)CC3)=N4)CC2)cn1. The number of hydrogen-bond donors (Lipinski definition) is 0. The number of aryl methyl sites for hydroxylation is 1. The van der Waals surface area contributed by atoms with Gasteiger partial charge in [0.05, 0.1) is 5.69 Å². The quantitative estimate of drug-likeness (QED) is 0.419. The Balaban J connectivity index is 0.994. The maximum absolute atomic E-state index is 13.3. The summed E-state index contributed by atoms with van der Waals surface area (Å²) in [6.07, 6.45) is 4.96. The number of piperazine rings is 1. The lowest BCUT2D eigenvalue weighted by Crippen LogP contribution is -2.50. The first kappa shape index (κ1) is 26.2. The molecule has 4 heterocycles. The molecule has 3 aromatic rings. The highest BCUT2D eigenvalue weighted by Gasteiger charge is 2.29. The van der Waals surface area contributed by atoms with E-state index in [-0.39, 0.29) is 5.91 Å². The van der Waals surface area contributed by atoms with Gasteiger partial charge in [-0.05, 0) is 85.3 Å². The van der Waals surface area contributed by atoms with Crippen LogP contribution < -0.4 is 0 Å². The molecule has 1 aromatic heterocycles. The van der Waals surface area contributed by atoms with Crippen LogP contribution in [0.15, 0.2) is 65.8 Å². The van der Waals surface area contributed by atoms with Crippen LogP contribution in [0.2, 0.25) is 5.02 Å². The summed E-state index contributed by atoms with van der Waals surface area (Å²) in [5, 5.41) is 0.761. The molecule has 0 aliphatic carbocycles. The zero-order chi connectivity index (χ0) is 26.8. The van der Waals surface area contributed by atoms with Crippen LogP contribution in [-0.4, -0.2) is 70.6 Å². The third kappa shape index (κ3) is 6.24. The fraction of sp³-hybridized carbons (Fsp3) is 0.406. The van der Waals surface area contributed by atoms with Gasteiger partial charge in [0.25, 0.3) is 5.91 Å². The molecule has 2 saturated heterocycles. The largest absolute Gasteiger partial charge is 0.335 e. The van der Waals surface area contributed by atoms with Crippen molar-refractivity contribution in [2.24, 2.45) is 4.99 Å². The Kier molecular flexibility index (Phi) is 7.78. The molecule has 3 aliphatic heterocycles. The molecular weight excluding hydrogens is 506 g/mol. The van der Waals surface area contributed by atoms with Crippen LogP contribution in [0, 0.1) is 6.92 Å². The normalized spacial score (nSPS) is 18.7. The fourth-order valence-electron chi connectivity index (χ4n) is 6.01. The first-order valence-corrected chi connectivity index (χ1v) is 14.5. The van der Waals surface area contributed by atoms with E-state index < -0.39 is 0 Å². The van der Waals surface area contributed by atoms with Crippen molar-refractivity contribution in [3.05, 3.63) is 93.8 Å². The van der Waals surface area contributed by atoms with Crippen molar-refractivity contribution >= 4 is 28.9 Å². The highest BCUT2D eigenvalue weighted by Crippen LogP contribution is 2.34. The second kappa shape index (κ2) is 11.6. The second-order valence-electron chi connectivity index (χ2n) is 11.2. The number of rotatable bonds is 6. The maximum Gasteiger partial charge on any atom is 0.268 e. The summed E-state index contributed by atoms with van der Waals surface area (Å²) in [5.74, 6) is 0.661. The fourth-order valence-corrected chi connectivity index (χ4v) is 6.14. The summed E-state index contributed by atoms with van der Waals surface area (Å²) in [4.78, 5) is 29.4. The van der Waals surface area contributed by atoms with Crippen LogP contribution in [0.5, 0.6) is 0 Å². The number of halogens is 1. The molecule has 0 unspecified atom stereocenters. The molecule has 0 N–H and O–H groups in total. The first-order valence-electron chi connectivity index (χ1n) is 14.1. The van der Waals surface area contributed by atoms with Crippen molar-refractivity contribution in [3.8, 4) is 0 Å². The molecule has 6 rings (SSSR count). The number of pyridine rings is 1. The Hall–Kier alpha value is -3.06. The standard InChI is InChI=1S/C32H36ClN5O/c1-23-2-3-25(20-34-23)22-36-12-10-26(11-13-36)27-6-9-30-28(18-27)19-31(35-30)32(39)38-16-14-37(15-17-38)21-24-4-7-29(33)8-5-24/h2-9,18,20,26H,10-17,19,21-22H2,1H3. The molecule has 2 fully saturated rings. The van der Waals surface area contributed by atoms with E-state index in [2.05, 4.69) is 57.2 Å². The number of nitrogens with zero attached hydrogens (tertiary/aromatic N) is 5. The van der Waals surface area contributed by atoms with Crippen LogP contribution in [0.4, 0.5) is 5.69 Å². The Morgan fingerprint density at radius 2 is 1.56 bits per heavy atom. The van der Waals surface area contributed by atoms with Crippen LogP contribution >= 0.6 is 11.6 Å². The molecule has 7 heteroatoms. The van der Waals surface area contributed by atoms with Crippen molar-refractivity contribution < 1.29 is 4.79 Å². The second-order valence-corrected chi connectivity index (χ2v) is 11.6. The van der Waals surface area contributed by atoms with Gasteiger partial charge in [-0.2, -0.15) is 0 Å². The van der Waals surface area contributed by atoms with Crippen molar-refractivity contribution in [2.75, 3.05) is 39.3 Å². The first-order chi connectivity index (χ1) is 19.0. The average molecular weight is 542 g/mol. The van der Waals surface area contributed by atoms with E-state index in [1.165, 1.54) is 22.3 Å². The van der Waals surface area contributed by atoms with Gasteiger partial charge in [-0.15, -0.1) is 0 Å². The van der Waals surface area contributed by atoms with E-state index >= 15 is 0 Å². The molecule has 0 radical (unpaired) electrons. The zero-order valence-corrected chi connectivity index (χ0v) is 23.4. The predicted octanol–water partition coefficient (Wildman–Crippen LogP) is 5.40. The minimum absolute atomic E-state index is 0.0952. The van der Waals surface area contributed by atoms with Crippen molar-refractivity contribution in [1.29, 1.82) is 0 Å². The molecule has 202 valence electrons. The highest BCUT2D eigenvalue weighted by molar-refractivity contribution is 6.40. The van der Waals surface area contributed by atoms with Crippen molar-refractivity contribution in [3.63, 3.8) is 0 Å². The summed E-state index contributed by atoms with van der Waals surface area (Å²) < 4.78 is 0. The summed E-state index contributed by atoms with van der Waals surface area (Å²) in [6.45, 7) is 9.31. The molecule has 0 spiro atoms. The number of aliphatic imine (C=N–C) groups is 1. The van der Waals surface area contributed by atoms with E-state index in [0.29, 0.717) is 18.1 Å². The molecule has 0 bridgehead atoms. The number of amides is 1. The smallest absolute Gasteiger partial charge is 0.268 e. The number of likely N-dealkylation sites (tertiary alicyclic amines) is 1. The minimum atomic E-state index is 0.0952. The number of carbonyl (C=O) groups is 1. The molecule has 0 atom stereocenters. The number of carbonyl (C=O) groups excluding carboxylic acids is 1. The van der Waals surface area contributed by atoms with Gasteiger partial charge in [-0.25, -0.2) is 4.99 Å². The van der Waals surface area contributed by atoms with Gasteiger partial charge in [0.15, 0.2) is 0 Å². The number of benzene rings is 2. The van der Waals surface area contributed by atoms with E-state index in [0.717, 1.165) is 81.6 Å². The van der Waals surface area contributed by atoms with Gasteiger partial charge in [0.1, 0.15) is 5.71 Å². The van der Waals surface area contributed by atoms with Gasteiger partial charge in [-0.3, -0.25) is 19.6 Å². The lowest BCUT2D eigenvalue weighted by molar-refractivity contribution is -0.125. The van der Waals surface area contributed by atoms with Crippen molar-refractivity contribution in [2.45, 2.75) is 45.2 Å². The van der Waals surface area contributed by atoms with E-state index in [1.54, 1.807) is 0 Å². The zero-order valence-electron chi connectivity index (χ0n) is 22.7. The van der Waals surface area contributed by atoms with E-state index in [1.807, 2.05) is 30.2 Å². The van der Waals surface area contributed by atoms with Gasteiger partial charge in [0.2, 0.25) is 0 Å². The number of aromatic nitrogens is 1. The number of hydrogen-bond acceptors (Lipinski definition) is 5. The summed E-state index contributed by atoms with van der Waals surface area (Å²) in [6, 6.07) is 19.0. The summed E-state index contributed by atoms with van der Waals surface area (Å²) in [7, 11) is 0. The van der Waals surface area contributed by atoms with Gasteiger partial charge in [0, 0.05) is 62.6 Å². The third-order valence-electron chi connectivity index (χ3n) is 8.38. The lowest BCUT2D eigenvalue weighted by atomic mass is 9.88. The summed E-state index contributed by atoms with van der Waals surface area (Å²) in [5.41, 5.74) is 7.85. The van der Waals surface area contributed by atoms with Gasteiger partial charge >= 0.3 is 0 Å². The molecule has 1 amide bonds. The van der Waals surface area contributed by atoms with E-state index in [4.69, 9.17) is 16.6 Å². The Morgan fingerprint density at radius 3 is 2.28 bits per heavy atom. The molecular formula is C32H36ClN5O. The summed E-state index contributed by atoms with van der Waals surface area (Å²) >= 11 is 6.01. The van der Waals surface area contributed by atoms with Crippen LogP contribution in [0.1, 0.15) is 46.7 Å². The Morgan fingerprint density at radius 1 is 0.872 bits per heavy atom. The Bertz CT molecular complexity index is 1340. The molecule has 39 heavy (non-hydrogen) atoms. The highest BCUT2D eigenvalue weighted by atomic mass is 35.5. The molecule has 6 nitrogen and oxygen atoms in total. The topological polar surface area (TPSA) is 52.0 Å². The number of fused-ring (bicyclic) bond motifs is 1. The predicted molar refractivity (Wildman–Crippen MR) is 157 cm³/mol. The van der Waals surface area contributed by atoms with Crippen LogP contribution in [0.25, 0.3) is 0 Å². The monoisotopic (exact) mass is 541 g/mol. The molecule has 3 aliphatic rings. The average Bonchev–Trinajstić information content (AvgIpc) is 3.40. The van der Waals surface area contributed by atoms with E-state index in [9.17, 15) is 4.79 Å². The van der Waals surface area contributed by atoms with Crippen molar-refractivity contribution in [1.82, 2.24) is 19.7 Å². The third-order valence-corrected chi connectivity index (χ3v) is 8.63. The Labute approximate surface area is 236 Å². The van der Waals surface area contributed by atoms with Gasteiger partial charge in [-0.1, -0.05) is 41.9 Å². The number of piperidine rings is 1. The molecule has 0 saturated carbocycles. The van der Waals surface area contributed by atoms with Gasteiger partial charge < -0.3 is 4.90 Å². The minimum Gasteiger partial charge on any atom is -0.335 e. The maximum atomic E-state index is 13.3. The van der Waals surface area contributed by atoms with Crippen LogP contribution in [-0.2, 0) is 24.3 Å². The lowest BCUT2D eigenvalue weighted by Gasteiger charge is -2.34. The molecule has 2 aromatic carbocycles.